The third-order valence-corrected chi connectivity index (χ3v) is 4.39. The van der Waals surface area contributed by atoms with Gasteiger partial charge in [-0.15, -0.1) is 0 Å². The van der Waals surface area contributed by atoms with Gasteiger partial charge in [-0.3, -0.25) is 4.79 Å². The molecule has 8 heteroatoms. The van der Waals surface area contributed by atoms with Crippen molar-refractivity contribution in [3.8, 4) is 11.4 Å². The number of piperidine rings is 1. The molecule has 1 fully saturated rings. The van der Waals surface area contributed by atoms with Crippen LogP contribution in [-0.2, 0) is 0 Å². The molecule has 1 saturated heterocycles. The quantitative estimate of drug-likeness (QED) is 0.756. The van der Waals surface area contributed by atoms with Crippen LogP contribution in [0.3, 0.4) is 0 Å². The zero-order chi connectivity index (χ0) is 17.4. The van der Waals surface area contributed by atoms with Crippen molar-refractivity contribution in [3.63, 3.8) is 0 Å². The van der Waals surface area contributed by atoms with Crippen molar-refractivity contribution in [1.82, 2.24) is 30.1 Å². The summed E-state index contributed by atoms with van der Waals surface area (Å²) < 4.78 is 7.05. The molecule has 0 aliphatic carbocycles. The number of nitrogens with one attached hydrogen (secondary N) is 2. The van der Waals surface area contributed by atoms with E-state index in [2.05, 4.69) is 25.5 Å². The summed E-state index contributed by atoms with van der Waals surface area (Å²) in [6.07, 6.45) is 5.46. The highest BCUT2D eigenvalue weighted by Crippen LogP contribution is 2.27. The molecule has 8 nitrogen and oxygen atoms in total. The lowest BCUT2D eigenvalue weighted by atomic mass is 9.94. The first kappa shape index (κ1) is 15.8. The summed E-state index contributed by atoms with van der Waals surface area (Å²) in [5.74, 6) is 1.16. The van der Waals surface area contributed by atoms with Crippen molar-refractivity contribution in [2.24, 2.45) is 0 Å². The summed E-state index contributed by atoms with van der Waals surface area (Å²) in [5.41, 5.74) is 3.11. The minimum Gasteiger partial charge on any atom is -0.334 e. The Hall–Kier alpha value is -2.74. The van der Waals surface area contributed by atoms with E-state index in [0.29, 0.717) is 28.8 Å². The fourth-order valence-electron chi connectivity index (χ4n) is 3.24. The largest absolute Gasteiger partial charge is 0.334 e. The molecule has 0 radical (unpaired) electrons. The van der Waals surface area contributed by atoms with Crippen LogP contribution in [0.2, 0.25) is 0 Å². The van der Waals surface area contributed by atoms with Gasteiger partial charge in [0.2, 0.25) is 5.82 Å². The Morgan fingerprint density at radius 1 is 1.36 bits per heavy atom. The van der Waals surface area contributed by atoms with Crippen LogP contribution in [0.25, 0.3) is 23.1 Å². The number of nitrogens with zero attached hydrogens (tertiary/aromatic N) is 4. The van der Waals surface area contributed by atoms with Crippen LogP contribution < -0.4 is 10.9 Å². The molecule has 4 heterocycles. The second-order valence-corrected chi connectivity index (χ2v) is 6.58. The van der Waals surface area contributed by atoms with Crippen molar-refractivity contribution in [2.75, 3.05) is 13.1 Å². The molecule has 0 unspecified atom stereocenters. The van der Waals surface area contributed by atoms with Crippen LogP contribution in [0.4, 0.5) is 0 Å². The Kier molecular flexibility index (Phi) is 3.96. The maximum atomic E-state index is 12.2. The zero-order valence-corrected chi connectivity index (χ0v) is 14.2. The van der Waals surface area contributed by atoms with E-state index in [1.54, 1.807) is 16.8 Å². The van der Waals surface area contributed by atoms with Crippen molar-refractivity contribution >= 4 is 11.7 Å². The van der Waals surface area contributed by atoms with Gasteiger partial charge >= 0.3 is 0 Å². The highest BCUT2D eigenvalue weighted by Gasteiger charge is 2.22. The SMILES string of the molecule is CC(C)=Cc1nc(-c2cnn3c(C4CCNCC4)cc(=O)[nH]c23)no1. The van der Waals surface area contributed by atoms with Crippen LogP contribution in [0.5, 0.6) is 0 Å². The molecule has 0 atom stereocenters. The van der Waals surface area contributed by atoms with Gasteiger partial charge in [-0.2, -0.15) is 10.1 Å². The number of allylic oxidation sites excluding steroid dienone is 1. The van der Waals surface area contributed by atoms with Crippen molar-refractivity contribution in [2.45, 2.75) is 32.6 Å². The maximum absolute atomic E-state index is 12.2. The minimum atomic E-state index is -0.143. The van der Waals surface area contributed by atoms with Gasteiger partial charge in [0, 0.05) is 18.1 Å². The van der Waals surface area contributed by atoms with E-state index in [9.17, 15) is 4.79 Å². The van der Waals surface area contributed by atoms with Crippen LogP contribution >= 0.6 is 0 Å². The molecule has 3 aromatic heterocycles. The second kappa shape index (κ2) is 6.29. The molecular formula is C17H20N6O2. The van der Waals surface area contributed by atoms with Crippen LogP contribution in [-0.4, -0.2) is 37.8 Å². The van der Waals surface area contributed by atoms with Gasteiger partial charge in [0.1, 0.15) is 5.65 Å². The van der Waals surface area contributed by atoms with Crippen LogP contribution in [0.15, 0.2) is 27.2 Å². The number of hydrogen-bond acceptors (Lipinski definition) is 6. The molecule has 0 aromatic carbocycles. The summed E-state index contributed by atoms with van der Waals surface area (Å²) in [6, 6.07) is 1.64. The highest BCUT2D eigenvalue weighted by molar-refractivity contribution is 5.72. The number of fused-ring (bicyclic) bond motifs is 1. The lowest BCUT2D eigenvalue weighted by Crippen LogP contribution is -2.28. The van der Waals surface area contributed by atoms with Crippen molar-refractivity contribution in [1.29, 1.82) is 0 Å². The van der Waals surface area contributed by atoms with E-state index in [-0.39, 0.29) is 5.56 Å². The fourth-order valence-corrected chi connectivity index (χ4v) is 3.24. The van der Waals surface area contributed by atoms with Crippen molar-refractivity contribution < 1.29 is 4.52 Å². The van der Waals surface area contributed by atoms with E-state index in [1.807, 2.05) is 19.9 Å². The summed E-state index contributed by atoms with van der Waals surface area (Å²) in [7, 11) is 0. The number of H-pyrrole nitrogens is 1. The Balaban J connectivity index is 1.81. The summed E-state index contributed by atoms with van der Waals surface area (Å²) in [6.45, 7) is 5.82. The summed E-state index contributed by atoms with van der Waals surface area (Å²) >= 11 is 0. The van der Waals surface area contributed by atoms with E-state index < -0.39 is 0 Å². The van der Waals surface area contributed by atoms with Gasteiger partial charge in [-0.1, -0.05) is 10.7 Å². The normalized spacial score (nSPS) is 15.6. The van der Waals surface area contributed by atoms with Crippen LogP contribution in [0, 0.1) is 0 Å². The molecule has 130 valence electrons. The minimum absolute atomic E-state index is 0.143. The number of hydrogen-bond donors (Lipinski definition) is 2. The molecule has 0 saturated carbocycles. The predicted molar refractivity (Wildman–Crippen MR) is 93.3 cm³/mol. The van der Waals surface area contributed by atoms with Crippen LogP contribution in [0.1, 0.15) is 44.2 Å². The van der Waals surface area contributed by atoms with Gasteiger partial charge in [-0.05, 0) is 39.8 Å². The lowest BCUT2D eigenvalue weighted by molar-refractivity contribution is 0.411. The number of aromatic nitrogens is 5. The Morgan fingerprint density at radius 2 is 2.16 bits per heavy atom. The first-order chi connectivity index (χ1) is 12.1. The zero-order valence-electron chi connectivity index (χ0n) is 14.2. The topological polar surface area (TPSA) is 101 Å². The fraction of sp³-hybridized carbons (Fsp3) is 0.412. The Bertz CT molecular complexity index is 986. The second-order valence-electron chi connectivity index (χ2n) is 6.58. The van der Waals surface area contributed by atoms with Gasteiger partial charge in [0.05, 0.1) is 17.5 Å². The third-order valence-electron chi connectivity index (χ3n) is 4.39. The average Bonchev–Trinajstić information content (AvgIpc) is 3.21. The number of rotatable bonds is 3. The maximum Gasteiger partial charge on any atom is 0.251 e. The van der Waals surface area contributed by atoms with E-state index in [4.69, 9.17) is 4.52 Å². The van der Waals surface area contributed by atoms with Gasteiger partial charge in [0.15, 0.2) is 0 Å². The average molecular weight is 340 g/mol. The highest BCUT2D eigenvalue weighted by atomic mass is 16.5. The van der Waals surface area contributed by atoms with Gasteiger partial charge in [-0.25, -0.2) is 4.52 Å². The van der Waals surface area contributed by atoms with Gasteiger partial charge < -0.3 is 14.8 Å². The smallest absolute Gasteiger partial charge is 0.251 e. The van der Waals surface area contributed by atoms with E-state index >= 15 is 0 Å². The lowest BCUT2D eigenvalue weighted by Gasteiger charge is -2.23. The number of aromatic amines is 1. The molecule has 0 spiro atoms. The first-order valence-electron chi connectivity index (χ1n) is 8.42. The monoisotopic (exact) mass is 340 g/mol. The summed E-state index contributed by atoms with van der Waals surface area (Å²) in [4.78, 5) is 19.4. The Labute approximate surface area is 143 Å². The standard InChI is InChI=1S/C17H20N6O2/c1-10(2)7-15-21-16(22-25-15)12-9-19-23-13(8-14(24)20-17(12)23)11-3-5-18-6-4-11/h7-9,11,18H,3-6H2,1-2H3,(H,20,24). The van der Waals surface area contributed by atoms with E-state index in [0.717, 1.165) is 37.2 Å². The van der Waals surface area contributed by atoms with E-state index in [1.165, 1.54) is 0 Å². The molecule has 1 aliphatic heterocycles. The first-order valence-corrected chi connectivity index (χ1v) is 8.42. The molecule has 0 bridgehead atoms. The Morgan fingerprint density at radius 3 is 2.92 bits per heavy atom. The van der Waals surface area contributed by atoms with Gasteiger partial charge in [0.25, 0.3) is 11.4 Å². The molecule has 3 aromatic rings. The molecule has 4 rings (SSSR count). The van der Waals surface area contributed by atoms with Crippen molar-refractivity contribution in [3.05, 3.63) is 39.8 Å². The molecule has 25 heavy (non-hydrogen) atoms. The molecule has 1 aliphatic rings. The molecule has 0 amide bonds. The molecule has 2 N–H and O–H groups in total. The predicted octanol–water partition coefficient (Wildman–Crippen LogP) is 1.96. The molecular weight excluding hydrogens is 320 g/mol. The third kappa shape index (κ3) is 3.00. The summed E-state index contributed by atoms with van der Waals surface area (Å²) in [5, 5.41) is 11.8.